The van der Waals surface area contributed by atoms with Crippen molar-refractivity contribution in [1.82, 2.24) is 9.97 Å². The number of hydrogen-bond acceptors (Lipinski definition) is 5. The van der Waals surface area contributed by atoms with E-state index in [0.29, 0.717) is 30.4 Å². The van der Waals surface area contributed by atoms with Crippen LogP contribution >= 0.6 is 15.9 Å². The fourth-order valence-electron chi connectivity index (χ4n) is 4.68. The van der Waals surface area contributed by atoms with E-state index >= 15 is 0 Å². The zero-order chi connectivity index (χ0) is 24.8. The second-order valence-corrected chi connectivity index (χ2v) is 9.91. The minimum absolute atomic E-state index is 0.244. The summed E-state index contributed by atoms with van der Waals surface area (Å²) in [7, 11) is 1.47. The van der Waals surface area contributed by atoms with Gasteiger partial charge in [0.2, 0.25) is 0 Å². The van der Waals surface area contributed by atoms with Crippen LogP contribution in [-0.2, 0) is 24.5 Å². The largest absolute Gasteiger partial charge is 0.494 e. The molecule has 6 rings (SSSR count). The topological polar surface area (TPSA) is 64.6 Å². The summed E-state index contributed by atoms with van der Waals surface area (Å²) in [6.07, 6.45) is 3.91. The fraction of sp³-hybridized carbons (Fsp3) is 0.250. The monoisotopic (exact) mass is 547 g/mol. The molecule has 1 aliphatic carbocycles. The van der Waals surface area contributed by atoms with Gasteiger partial charge in [0.1, 0.15) is 16.2 Å². The molecule has 4 aromatic rings. The quantitative estimate of drug-likeness (QED) is 0.265. The molecular weight excluding hydrogens is 525 g/mol. The number of methoxy groups -OCH3 is 1. The molecule has 0 N–H and O–H groups in total. The highest BCUT2D eigenvalue weighted by Crippen LogP contribution is 2.39. The maximum Gasteiger partial charge on any atom is 0.260 e. The average Bonchev–Trinajstić information content (AvgIpc) is 3.62. The minimum Gasteiger partial charge on any atom is -0.494 e. The van der Waals surface area contributed by atoms with Crippen LogP contribution in [0.1, 0.15) is 51.5 Å². The van der Waals surface area contributed by atoms with E-state index in [2.05, 4.69) is 20.9 Å². The first-order valence-electron chi connectivity index (χ1n) is 11.8. The SMILES string of the molecule is COc1cc(F)ccc1N(Cc1ccc2c3c(c(Br)nc2c1)COC3)C(=O)c1ccc(C2CC2)nc1. The van der Waals surface area contributed by atoms with Gasteiger partial charge in [-0.15, -0.1) is 0 Å². The lowest BCUT2D eigenvalue weighted by molar-refractivity contribution is 0.0984. The summed E-state index contributed by atoms with van der Waals surface area (Å²) in [5.74, 6) is 0.0990. The summed E-state index contributed by atoms with van der Waals surface area (Å²) in [6, 6.07) is 13.9. The molecule has 0 saturated heterocycles. The highest BCUT2D eigenvalue weighted by Gasteiger charge is 2.27. The Bertz CT molecular complexity index is 1490. The molecule has 1 aliphatic heterocycles. The molecule has 182 valence electrons. The molecule has 0 atom stereocenters. The van der Waals surface area contributed by atoms with Crippen molar-refractivity contribution >= 4 is 38.4 Å². The molecule has 36 heavy (non-hydrogen) atoms. The maximum atomic E-state index is 14.0. The molecule has 1 saturated carbocycles. The highest BCUT2D eigenvalue weighted by molar-refractivity contribution is 9.10. The Morgan fingerprint density at radius 3 is 2.72 bits per heavy atom. The molecule has 0 bridgehead atoms. The van der Waals surface area contributed by atoms with Crippen LogP contribution in [0.15, 0.2) is 59.3 Å². The van der Waals surface area contributed by atoms with Gasteiger partial charge >= 0.3 is 0 Å². The minimum atomic E-state index is -0.436. The summed E-state index contributed by atoms with van der Waals surface area (Å²) in [4.78, 5) is 24.6. The summed E-state index contributed by atoms with van der Waals surface area (Å²) < 4.78 is 25.8. The van der Waals surface area contributed by atoms with Gasteiger partial charge in [-0.05, 0) is 70.2 Å². The molecule has 1 amide bonds. The van der Waals surface area contributed by atoms with Crippen LogP contribution in [0.4, 0.5) is 10.1 Å². The fourth-order valence-corrected chi connectivity index (χ4v) is 5.23. The van der Waals surface area contributed by atoms with E-state index in [1.54, 1.807) is 17.2 Å². The predicted molar refractivity (Wildman–Crippen MR) is 138 cm³/mol. The molecule has 0 spiro atoms. The number of fused-ring (bicyclic) bond motifs is 3. The Kier molecular flexibility index (Phi) is 5.93. The van der Waals surface area contributed by atoms with Crippen LogP contribution in [0, 0.1) is 5.82 Å². The molecule has 8 heteroatoms. The number of aromatic nitrogens is 2. The second kappa shape index (κ2) is 9.26. The summed E-state index contributed by atoms with van der Waals surface area (Å²) >= 11 is 3.57. The number of halogens is 2. The number of amides is 1. The van der Waals surface area contributed by atoms with Gasteiger partial charge in [-0.2, -0.15) is 0 Å². The van der Waals surface area contributed by atoms with Crippen LogP contribution < -0.4 is 9.64 Å². The van der Waals surface area contributed by atoms with Gasteiger partial charge in [-0.25, -0.2) is 9.37 Å². The predicted octanol–water partition coefficient (Wildman–Crippen LogP) is 6.29. The van der Waals surface area contributed by atoms with Crippen molar-refractivity contribution in [2.24, 2.45) is 0 Å². The molecule has 6 nitrogen and oxygen atoms in total. The van der Waals surface area contributed by atoms with Gasteiger partial charge in [0.15, 0.2) is 0 Å². The molecule has 2 aromatic carbocycles. The standard InChI is InChI=1S/C28H23BrFN3O3/c1-35-26-11-19(30)6-9-25(26)33(28(34)18-5-8-23(31-12-18)17-3-4-17)13-16-2-7-20-21-14-36-15-22(21)27(29)32-24(20)10-16/h2,5-12,17H,3-4,13-15H2,1H3. The Morgan fingerprint density at radius 2 is 1.97 bits per heavy atom. The van der Waals surface area contributed by atoms with Gasteiger partial charge in [0.05, 0.1) is 43.6 Å². The van der Waals surface area contributed by atoms with Gasteiger partial charge in [0.25, 0.3) is 5.91 Å². The van der Waals surface area contributed by atoms with Crippen molar-refractivity contribution in [3.05, 3.63) is 93.1 Å². The first-order chi connectivity index (χ1) is 17.5. The number of rotatable bonds is 6. The van der Waals surface area contributed by atoms with E-state index in [1.165, 1.54) is 19.2 Å². The lowest BCUT2D eigenvalue weighted by Gasteiger charge is -2.25. The molecule has 1 fully saturated rings. The van der Waals surface area contributed by atoms with Crippen LogP contribution in [0.5, 0.6) is 5.75 Å². The molecule has 3 heterocycles. The summed E-state index contributed by atoms with van der Waals surface area (Å²) in [6.45, 7) is 1.34. The van der Waals surface area contributed by atoms with E-state index in [0.717, 1.165) is 50.7 Å². The van der Waals surface area contributed by atoms with Crippen LogP contribution in [0.25, 0.3) is 10.9 Å². The number of hydrogen-bond donors (Lipinski definition) is 0. The van der Waals surface area contributed by atoms with Crippen molar-refractivity contribution in [1.29, 1.82) is 0 Å². The number of pyridine rings is 2. The van der Waals surface area contributed by atoms with E-state index in [1.807, 2.05) is 30.3 Å². The third-order valence-electron chi connectivity index (χ3n) is 6.76. The van der Waals surface area contributed by atoms with E-state index < -0.39 is 5.82 Å². The van der Waals surface area contributed by atoms with Crippen molar-refractivity contribution < 1.29 is 18.7 Å². The van der Waals surface area contributed by atoms with Crippen LogP contribution in [-0.4, -0.2) is 23.0 Å². The number of nitrogens with zero attached hydrogens (tertiary/aromatic N) is 3. The maximum absolute atomic E-state index is 14.0. The normalized spacial score (nSPS) is 14.6. The molecule has 0 unspecified atom stereocenters. The van der Waals surface area contributed by atoms with Crippen LogP contribution in [0.2, 0.25) is 0 Å². The Hall–Kier alpha value is -3.36. The lowest BCUT2D eigenvalue weighted by Crippen LogP contribution is -2.31. The van der Waals surface area contributed by atoms with Crippen LogP contribution in [0.3, 0.4) is 0 Å². The lowest BCUT2D eigenvalue weighted by atomic mass is 10.0. The number of carbonyl (C=O) groups excluding carboxylic acids is 1. The number of anilines is 1. The molecule has 0 radical (unpaired) electrons. The van der Waals surface area contributed by atoms with Gasteiger partial charge in [-0.3, -0.25) is 9.78 Å². The molecule has 2 aromatic heterocycles. The molecular formula is C28H23BrFN3O3. The van der Waals surface area contributed by atoms with Crippen molar-refractivity contribution in [2.45, 2.75) is 38.5 Å². The van der Waals surface area contributed by atoms with Gasteiger partial charge in [-0.1, -0.05) is 12.1 Å². The zero-order valence-electron chi connectivity index (χ0n) is 19.6. The Labute approximate surface area is 216 Å². The first kappa shape index (κ1) is 23.1. The number of carbonyl (C=O) groups is 1. The van der Waals surface area contributed by atoms with Gasteiger partial charge < -0.3 is 14.4 Å². The van der Waals surface area contributed by atoms with E-state index in [-0.39, 0.29) is 18.2 Å². The van der Waals surface area contributed by atoms with Gasteiger partial charge in [0, 0.05) is 34.8 Å². The second-order valence-electron chi connectivity index (χ2n) is 9.16. The highest BCUT2D eigenvalue weighted by atomic mass is 79.9. The van der Waals surface area contributed by atoms with E-state index in [9.17, 15) is 9.18 Å². The Morgan fingerprint density at radius 1 is 1.14 bits per heavy atom. The third kappa shape index (κ3) is 4.24. The summed E-state index contributed by atoms with van der Waals surface area (Å²) in [5.41, 5.74) is 5.86. The van der Waals surface area contributed by atoms with Crippen molar-refractivity contribution in [3.8, 4) is 5.75 Å². The molecule has 2 aliphatic rings. The van der Waals surface area contributed by atoms with E-state index in [4.69, 9.17) is 14.5 Å². The zero-order valence-corrected chi connectivity index (χ0v) is 21.2. The van der Waals surface area contributed by atoms with Crippen molar-refractivity contribution in [2.75, 3.05) is 12.0 Å². The number of ether oxygens (including phenoxy) is 2. The summed E-state index contributed by atoms with van der Waals surface area (Å²) in [5, 5.41) is 1.03. The first-order valence-corrected chi connectivity index (χ1v) is 12.6. The number of benzene rings is 2. The average molecular weight is 548 g/mol. The third-order valence-corrected chi connectivity index (χ3v) is 7.42. The Balaban J connectivity index is 1.39. The van der Waals surface area contributed by atoms with Crippen molar-refractivity contribution in [3.63, 3.8) is 0 Å². The smallest absolute Gasteiger partial charge is 0.260 e.